The summed E-state index contributed by atoms with van der Waals surface area (Å²) in [6.45, 7) is 6.79. The van der Waals surface area contributed by atoms with Gasteiger partial charge < -0.3 is 14.4 Å². The Morgan fingerprint density at radius 3 is 2.38 bits per heavy atom. The zero-order valence-electron chi connectivity index (χ0n) is 22.1. The lowest BCUT2D eigenvalue weighted by molar-refractivity contribution is -0.147. The number of unbranched alkanes of at least 4 members (excludes halogenated alkanes) is 1. The van der Waals surface area contributed by atoms with Crippen LogP contribution in [-0.2, 0) is 25.2 Å². The first-order valence-corrected chi connectivity index (χ1v) is 12.5. The summed E-state index contributed by atoms with van der Waals surface area (Å²) >= 11 is 0. The van der Waals surface area contributed by atoms with Crippen molar-refractivity contribution < 1.29 is 32.2 Å². The number of hydrogen-bond acceptors (Lipinski definition) is 6. The maximum absolute atomic E-state index is 13.5. The number of rotatable bonds is 8. The number of alkyl halides is 3. The van der Waals surface area contributed by atoms with E-state index in [0.29, 0.717) is 17.5 Å². The molecule has 7 nitrogen and oxygen atoms in total. The summed E-state index contributed by atoms with van der Waals surface area (Å²) in [6.07, 6.45) is -3.86. The average Bonchev–Trinajstić information content (AvgIpc) is 2.87. The molecule has 0 aliphatic carbocycles. The van der Waals surface area contributed by atoms with Crippen LogP contribution in [0.4, 0.5) is 18.9 Å². The Morgan fingerprint density at radius 1 is 1.15 bits per heavy atom. The third kappa shape index (κ3) is 6.48. The molecule has 0 saturated carbocycles. The van der Waals surface area contributed by atoms with Gasteiger partial charge in [-0.2, -0.15) is 18.4 Å². The Labute approximate surface area is 225 Å². The van der Waals surface area contributed by atoms with Crippen LogP contribution in [0.15, 0.2) is 59.8 Å². The molecule has 2 aromatic carbocycles. The van der Waals surface area contributed by atoms with E-state index in [-0.39, 0.29) is 29.4 Å². The first kappa shape index (κ1) is 29.4. The van der Waals surface area contributed by atoms with Gasteiger partial charge in [0.1, 0.15) is 11.8 Å². The van der Waals surface area contributed by atoms with Gasteiger partial charge in [0.15, 0.2) is 0 Å². The number of carbonyl (C=O) groups is 2. The largest absolute Gasteiger partial charge is 0.465 e. The van der Waals surface area contributed by atoms with Crippen molar-refractivity contribution in [2.24, 2.45) is 5.92 Å². The molecule has 2 atom stereocenters. The van der Waals surface area contributed by atoms with Crippen molar-refractivity contribution in [2.45, 2.75) is 58.7 Å². The second kappa shape index (κ2) is 12.2. The van der Waals surface area contributed by atoms with Crippen molar-refractivity contribution in [3.05, 3.63) is 76.5 Å². The van der Waals surface area contributed by atoms with Gasteiger partial charge in [-0.15, -0.1) is 0 Å². The van der Waals surface area contributed by atoms with Crippen LogP contribution in [0.5, 0.6) is 0 Å². The van der Waals surface area contributed by atoms with Crippen LogP contribution >= 0.6 is 0 Å². The summed E-state index contributed by atoms with van der Waals surface area (Å²) < 4.78 is 51.6. The number of anilines is 1. The van der Waals surface area contributed by atoms with E-state index in [1.54, 1.807) is 26.0 Å². The lowest BCUT2D eigenvalue weighted by atomic mass is 9.75. The Bertz CT molecular complexity index is 1310. The minimum atomic E-state index is -4.64. The first-order valence-electron chi connectivity index (χ1n) is 12.5. The third-order valence-corrected chi connectivity index (χ3v) is 6.29. The maximum atomic E-state index is 13.5. The van der Waals surface area contributed by atoms with Gasteiger partial charge in [-0.25, -0.2) is 4.79 Å². The fourth-order valence-corrected chi connectivity index (χ4v) is 4.47. The fourth-order valence-electron chi connectivity index (χ4n) is 4.47. The average molecular weight is 542 g/mol. The van der Waals surface area contributed by atoms with Gasteiger partial charge in [-0.05, 0) is 63.1 Å². The molecule has 3 rings (SSSR count). The summed E-state index contributed by atoms with van der Waals surface area (Å²) in [5, 5.41) is 18.3. The zero-order chi connectivity index (χ0) is 28.9. The Morgan fingerprint density at radius 2 is 1.82 bits per heavy atom. The molecule has 1 heterocycles. The number of halogens is 3. The van der Waals surface area contributed by atoms with E-state index in [9.17, 15) is 28.0 Å². The van der Waals surface area contributed by atoms with Crippen LogP contribution in [0.3, 0.4) is 0 Å². The summed E-state index contributed by atoms with van der Waals surface area (Å²) in [5.74, 6) is -4.31. The highest BCUT2D eigenvalue weighted by Crippen LogP contribution is 2.44. The molecule has 2 aromatic rings. The molecule has 2 unspecified atom stereocenters. The number of nitrogens with zero attached hydrogens (tertiary/aromatic N) is 2. The molecule has 0 radical (unpaired) electrons. The standard InChI is InChI=1S/C29H30F3N3O4/c1-5-6-14-38-27(36)25-24(20-12-10-19(16-33)11-13-20)23(28(37)39-17(2)3)18(4)35(26(25)34)22-9-7-8-21(15-22)29(30,31)32/h7-13,15,17,24-25,34H,5-6,14H2,1-4H3. The van der Waals surface area contributed by atoms with Gasteiger partial charge in [-0.1, -0.05) is 31.5 Å². The van der Waals surface area contributed by atoms with Crippen molar-refractivity contribution in [3.8, 4) is 6.07 Å². The van der Waals surface area contributed by atoms with E-state index < -0.39 is 41.6 Å². The van der Waals surface area contributed by atoms with Gasteiger partial charge in [0, 0.05) is 17.3 Å². The SMILES string of the molecule is CCCCOC(=O)C1C(=N)N(c2cccc(C(F)(F)F)c2)C(C)=C(C(=O)OC(C)C)C1c1ccc(C#N)cc1. The molecule has 39 heavy (non-hydrogen) atoms. The van der Waals surface area contributed by atoms with Crippen molar-refractivity contribution >= 4 is 23.5 Å². The van der Waals surface area contributed by atoms with Gasteiger partial charge in [0.2, 0.25) is 0 Å². The summed E-state index contributed by atoms with van der Waals surface area (Å²) in [5.41, 5.74) is -0.00884. The van der Waals surface area contributed by atoms with Crippen LogP contribution in [0.2, 0.25) is 0 Å². The monoisotopic (exact) mass is 541 g/mol. The number of carbonyl (C=O) groups excluding carboxylic acids is 2. The van der Waals surface area contributed by atoms with Gasteiger partial charge in [-0.3, -0.25) is 10.2 Å². The minimum absolute atomic E-state index is 0.0132. The molecule has 10 heteroatoms. The van der Waals surface area contributed by atoms with Crippen molar-refractivity contribution in [1.29, 1.82) is 10.7 Å². The topological polar surface area (TPSA) is 103 Å². The predicted octanol–water partition coefficient (Wildman–Crippen LogP) is 6.34. The van der Waals surface area contributed by atoms with Crippen molar-refractivity contribution in [3.63, 3.8) is 0 Å². The number of ether oxygens (including phenoxy) is 2. The number of benzene rings is 2. The molecular weight excluding hydrogens is 511 g/mol. The predicted molar refractivity (Wildman–Crippen MR) is 139 cm³/mol. The second-order valence-electron chi connectivity index (χ2n) is 9.43. The Balaban J connectivity index is 2.29. The molecule has 1 N–H and O–H groups in total. The minimum Gasteiger partial charge on any atom is -0.465 e. The van der Waals surface area contributed by atoms with Crippen LogP contribution in [0.25, 0.3) is 0 Å². The summed E-state index contributed by atoms with van der Waals surface area (Å²) in [7, 11) is 0. The number of nitriles is 1. The van der Waals surface area contributed by atoms with Crippen LogP contribution in [0.1, 0.15) is 63.1 Å². The molecule has 0 bridgehead atoms. The number of hydrogen-bond donors (Lipinski definition) is 1. The van der Waals surface area contributed by atoms with E-state index in [1.807, 2.05) is 13.0 Å². The highest BCUT2D eigenvalue weighted by molar-refractivity contribution is 6.14. The van der Waals surface area contributed by atoms with Gasteiger partial charge >= 0.3 is 18.1 Å². The quantitative estimate of drug-likeness (QED) is 0.309. The van der Waals surface area contributed by atoms with Crippen LogP contribution < -0.4 is 4.90 Å². The van der Waals surface area contributed by atoms with Crippen LogP contribution in [0, 0.1) is 22.7 Å². The molecule has 0 amide bonds. The van der Waals surface area contributed by atoms with E-state index in [4.69, 9.17) is 14.9 Å². The summed E-state index contributed by atoms with van der Waals surface area (Å²) in [4.78, 5) is 28.2. The number of esters is 2. The lowest BCUT2D eigenvalue weighted by Crippen LogP contribution is -2.48. The first-order chi connectivity index (χ1) is 18.4. The van der Waals surface area contributed by atoms with Gasteiger partial charge in [0.05, 0.1) is 35.5 Å². The summed E-state index contributed by atoms with van der Waals surface area (Å²) in [6, 6.07) is 12.6. The molecule has 206 valence electrons. The highest BCUT2D eigenvalue weighted by atomic mass is 19.4. The van der Waals surface area contributed by atoms with Crippen molar-refractivity contribution in [2.75, 3.05) is 11.5 Å². The molecule has 0 saturated heterocycles. The van der Waals surface area contributed by atoms with Gasteiger partial charge in [0.25, 0.3) is 0 Å². The Kier molecular flexibility index (Phi) is 9.17. The molecule has 1 aliphatic rings. The second-order valence-corrected chi connectivity index (χ2v) is 9.43. The van der Waals surface area contributed by atoms with E-state index >= 15 is 0 Å². The fraction of sp³-hybridized carbons (Fsp3) is 0.379. The Hall–Kier alpha value is -4.13. The number of amidine groups is 1. The maximum Gasteiger partial charge on any atom is 0.416 e. The molecule has 0 aromatic heterocycles. The van der Waals surface area contributed by atoms with E-state index in [2.05, 4.69) is 0 Å². The third-order valence-electron chi connectivity index (χ3n) is 6.29. The lowest BCUT2D eigenvalue weighted by Gasteiger charge is -2.41. The molecule has 1 aliphatic heterocycles. The molecule has 0 spiro atoms. The van der Waals surface area contributed by atoms with E-state index in [1.165, 1.54) is 31.2 Å². The molecular formula is C29H30F3N3O4. The highest BCUT2D eigenvalue weighted by Gasteiger charge is 2.48. The normalized spacial score (nSPS) is 17.7. The number of allylic oxidation sites excluding steroid dienone is 1. The smallest absolute Gasteiger partial charge is 0.416 e. The van der Waals surface area contributed by atoms with E-state index in [0.717, 1.165) is 23.5 Å². The van der Waals surface area contributed by atoms with Crippen molar-refractivity contribution in [1.82, 2.24) is 0 Å². The molecule has 0 fully saturated rings. The van der Waals surface area contributed by atoms with Crippen LogP contribution in [-0.4, -0.2) is 30.5 Å². The number of nitrogens with one attached hydrogen (secondary N) is 1. The zero-order valence-corrected chi connectivity index (χ0v) is 22.1.